The van der Waals surface area contributed by atoms with E-state index in [0.29, 0.717) is 29.5 Å². The van der Waals surface area contributed by atoms with Crippen LogP contribution in [0.25, 0.3) is 0 Å². The number of benzene rings is 1. The molecule has 4 rings (SSSR count). The first-order chi connectivity index (χ1) is 14.7. The predicted octanol–water partition coefficient (Wildman–Crippen LogP) is 4.11. The lowest BCUT2D eigenvalue weighted by Crippen LogP contribution is -2.38. The molecule has 0 bridgehead atoms. The minimum Gasteiger partial charge on any atom is -0.439 e. The molecule has 2 N–H and O–H groups in total. The van der Waals surface area contributed by atoms with Crippen molar-refractivity contribution in [3.05, 3.63) is 36.4 Å². The van der Waals surface area contributed by atoms with Gasteiger partial charge in [-0.05, 0) is 63.4 Å². The van der Waals surface area contributed by atoms with Gasteiger partial charge >= 0.3 is 0 Å². The lowest BCUT2D eigenvalue weighted by atomic mass is 10.0. The predicted molar refractivity (Wildman–Crippen MR) is 122 cm³/mol. The lowest BCUT2D eigenvalue weighted by molar-refractivity contribution is 0.114. The van der Waals surface area contributed by atoms with E-state index in [4.69, 9.17) is 26.7 Å². The second-order valence-corrected chi connectivity index (χ2v) is 8.22. The fraction of sp³-hybridized carbons (Fsp3) is 0.500. The Bertz CT molecular complexity index is 845. The zero-order valence-corrected chi connectivity index (χ0v) is 18.2. The van der Waals surface area contributed by atoms with E-state index in [-0.39, 0.29) is 6.10 Å². The summed E-state index contributed by atoms with van der Waals surface area (Å²) in [7, 11) is 0. The number of aromatic nitrogens is 2. The Morgan fingerprint density at radius 3 is 2.83 bits per heavy atom. The second kappa shape index (κ2) is 10.0. The van der Waals surface area contributed by atoms with Crippen molar-refractivity contribution in [1.82, 2.24) is 15.3 Å². The average molecular weight is 428 g/mol. The molecule has 2 saturated heterocycles. The third-order valence-corrected chi connectivity index (χ3v) is 5.74. The molecule has 30 heavy (non-hydrogen) atoms. The van der Waals surface area contributed by atoms with Gasteiger partial charge in [0.1, 0.15) is 11.6 Å². The van der Waals surface area contributed by atoms with Gasteiger partial charge in [0.05, 0.1) is 6.10 Å². The Morgan fingerprint density at radius 1 is 1.20 bits per heavy atom. The van der Waals surface area contributed by atoms with Gasteiger partial charge in [0.2, 0.25) is 11.8 Å². The molecule has 0 spiro atoms. The van der Waals surface area contributed by atoms with Crippen molar-refractivity contribution < 1.29 is 9.47 Å². The van der Waals surface area contributed by atoms with E-state index in [1.807, 2.05) is 36.4 Å². The van der Waals surface area contributed by atoms with Gasteiger partial charge in [-0.2, -0.15) is 9.97 Å². The van der Waals surface area contributed by atoms with Crippen molar-refractivity contribution >= 4 is 29.1 Å². The topological polar surface area (TPSA) is 71.5 Å². The molecular formula is C22H29N5O2S. The van der Waals surface area contributed by atoms with Crippen LogP contribution in [0, 0.1) is 0 Å². The SMILES string of the molecule is C[C@H]1CCCCN1c1cc(Oc2ccccc2)nc(NC(=S)NC[C@@H]2CCCO2)n1. The van der Waals surface area contributed by atoms with Gasteiger partial charge < -0.3 is 25.0 Å². The molecule has 3 heterocycles. The fourth-order valence-corrected chi connectivity index (χ4v) is 4.05. The Morgan fingerprint density at radius 2 is 2.07 bits per heavy atom. The average Bonchev–Trinajstić information content (AvgIpc) is 3.27. The van der Waals surface area contributed by atoms with Crippen LogP contribution in [-0.4, -0.2) is 46.9 Å². The lowest BCUT2D eigenvalue weighted by Gasteiger charge is -2.34. The molecule has 0 radical (unpaired) electrons. The summed E-state index contributed by atoms with van der Waals surface area (Å²) in [6.45, 7) is 4.72. The molecule has 1 aromatic heterocycles. The van der Waals surface area contributed by atoms with E-state index in [9.17, 15) is 0 Å². The largest absolute Gasteiger partial charge is 0.439 e. The smallest absolute Gasteiger partial charge is 0.234 e. The standard InChI is InChI=1S/C22H29N5O2S/c1-16-8-5-6-12-27(16)19-14-20(29-17-9-3-2-4-10-17)25-21(24-19)26-22(30)23-15-18-11-7-13-28-18/h2-4,9-10,14,16,18H,5-8,11-13,15H2,1H3,(H2,23,24,25,26,30)/t16-,18-/m0/s1. The van der Waals surface area contributed by atoms with Crippen LogP contribution in [0.1, 0.15) is 39.0 Å². The van der Waals surface area contributed by atoms with Gasteiger partial charge in [0.15, 0.2) is 5.11 Å². The van der Waals surface area contributed by atoms with E-state index in [1.165, 1.54) is 6.42 Å². The van der Waals surface area contributed by atoms with Crippen molar-refractivity contribution in [2.45, 2.75) is 51.2 Å². The number of piperidine rings is 1. The van der Waals surface area contributed by atoms with E-state index in [2.05, 4.69) is 27.4 Å². The molecule has 0 unspecified atom stereocenters. The second-order valence-electron chi connectivity index (χ2n) is 7.81. The first-order valence-corrected chi connectivity index (χ1v) is 11.1. The number of para-hydroxylation sites is 1. The van der Waals surface area contributed by atoms with E-state index >= 15 is 0 Å². The van der Waals surface area contributed by atoms with Gasteiger partial charge in [0, 0.05) is 31.8 Å². The summed E-state index contributed by atoms with van der Waals surface area (Å²) < 4.78 is 11.6. The van der Waals surface area contributed by atoms with Crippen molar-refractivity contribution in [2.24, 2.45) is 0 Å². The third kappa shape index (κ3) is 5.58. The van der Waals surface area contributed by atoms with Crippen LogP contribution in [0.3, 0.4) is 0 Å². The maximum Gasteiger partial charge on any atom is 0.234 e. The number of thiocarbonyl (C=S) groups is 1. The molecule has 8 heteroatoms. The molecule has 7 nitrogen and oxygen atoms in total. The maximum absolute atomic E-state index is 6.01. The molecule has 2 atom stereocenters. The van der Waals surface area contributed by atoms with Gasteiger partial charge in [-0.15, -0.1) is 0 Å². The Kier molecular flexibility index (Phi) is 6.96. The minimum atomic E-state index is 0.211. The minimum absolute atomic E-state index is 0.211. The first-order valence-electron chi connectivity index (χ1n) is 10.7. The van der Waals surface area contributed by atoms with E-state index < -0.39 is 0 Å². The summed E-state index contributed by atoms with van der Waals surface area (Å²) in [5.74, 6) is 2.51. The van der Waals surface area contributed by atoms with Crippen LogP contribution in [0.15, 0.2) is 36.4 Å². The summed E-state index contributed by atoms with van der Waals surface area (Å²) in [5.41, 5.74) is 0. The van der Waals surface area contributed by atoms with Crippen LogP contribution >= 0.6 is 12.2 Å². The molecule has 160 valence electrons. The normalized spacial score (nSPS) is 21.3. The highest BCUT2D eigenvalue weighted by atomic mass is 32.1. The maximum atomic E-state index is 6.01. The monoisotopic (exact) mass is 427 g/mol. The molecular weight excluding hydrogens is 398 g/mol. The van der Waals surface area contributed by atoms with E-state index in [1.54, 1.807) is 0 Å². The van der Waals surface area contributed by atoms with Crippen LogP contribution in [0.4, 0.5) is 11.8 Å². The summed E-state index contributed by atoms with van der Waals surface area (Å²) in [5, 5.41) is 6.82. The molecule has 2 fully saturated rings. The Labute approximate surface area is 183 Å². The number of anilines is 2. The zero-order valence-electron chi connectivity index (χ0n) is 17.3. The highest BCUT2D eigenvalue weighted by Crippen LogP contribution is 2.28. The van der Waals surface area contributed by atoms with Gasteiger partial charge in [-0.1, -0.05) is 18.2 Å². The van der Waals surface area contributed by atoms with Crippen LogP contribution in [0.5, 0.6) is 11.6 Å². The summed E-state index contributed by atoms with van der Waals surface area (Å²) >= 11 is 5.45. The quantitative estimate of drug-likeness (QED) is 0.668. The molecule has 2 aromatic rings. The van der Waals surface area contributed by atoms with Crippen LogP contribution in [0.2, 0.25) is 0 Å². The van der Waals surface area contributed by atoms with Crippen molar-refractivity contribution in [2.75, 3.05) is 29.9 Å². The van der Waals surface area contributed by atoms with Crippen molar-refractivity contribution in [3.63, 3.8) is 0 Å². The number of rotatable bonds is 6. The molecule has 2 aliphatic heterocycles. The highest BCUT2D eigenvalue weighted by Gasteiger charge is 2.22. The number of hydrogen-bond donors (Lipinski definition) is 2. The van der Waals surface area contributed by atoms with Crippen LogP contribution in [-0.2, 0) is 4.74 Å². The fourth-order valence-electron chi connectivity index (χ4n) is 3.87. The number of nitrogens with one attached hydrogen (secondary N) is 2. The molecule has 0 amide bonds. The number of hydrogen-bond acceptors (Lipinski definition) is 6. The third-order valence-electron chi connectivity index (χ3n) is 5.49. The van der Waals surface area contributed by atoms with Gasteiger partial charge in [0.25, 0.3) is 0 Å². The highest BCUT2D eigenvalue weighted by molar-refractivity contribution is 7.80. The van der Waals surface area contributed by atoms with Gasteiger partial charge in [-0.3, -0.25) is 0 Å². The van der Waals surface area contributed by atoms with Gasteiger partial charge in [-0.25, -0.2) is 0 Å². The Balaban J connectivity index is 1.50. The Hall–Kier alpha value is -2.45. The van der Waals surface area contributed by atoms with Crippen molar-refractivity contribution in [1.29, 1.82) is 0 Å². The molecule has 0 aliphatic carbocycles. The first kappa shape index (κ1) is 20.8. The number of ether oxygens (including phenoxy) is 2. The number of nitrogens with zero attached hydrogens (tertiary/aromatic N) is 3. The molecule has 0 saturated carbocycles. The zero-order chi connectivity index (χ0) is 20.8. The van der Waals surface area contributed by atoms with Crippen molar-refractivity contribution in [3.8, 4) is 11.6 Å². The van der Waals surface area contributed by atoms with Crippen LogP contribution < -0.4 is 20.3 Å². The summed E-state index contributed by atoms with van der Waals surface area (Å²) in [6, 6.07) is 12.0. The molecule has 2 aliphatic rings. The molecule has 1 aromatic carbocycles. The van der Waals surface area contributed by atoms with E-state index in [0.717, 1.165) is 50.4 Å². The summed E-state index contributed by atoms with van der Waals surface area (Å²) in [4.78, 5) is 11.6. The summed E-state index contributed by atoms with van der Waals surface area (Å²) in [6.07, 6.45) is 5.94.